The van der Waals surface area contributed by atoms with Gasteiger partial charge in [-0.3, -0.25) is 4.79 Å². The smallest absolute Gasteiger partial charge is 0.217 e. The molecule has 1 atom stereocenters. The molecule has 0 amide bonds. The topological polar surface area (TPSA) is 144 Å². The third kappa shape index (κ3) is 1.43. The first kappa shape index (κ1) is 11.3. The maximum absolute atomic E-state index is 11.8. The van der Waals surface area contributed by atoms with Crippen molar-refractivity contribution in [1.82, 2.24) is 0 Å². The van der Waals surface area contributed by atoms with Gasteiger partial charge in [0.05, 0.1) is 20.5 Å². The van der Waals surface area contributed by atoms with E-state index in [2.05, 4.69) is 0 Å². The number of benzene rings is 1. The quantitative estimate of drug-likeness (QED) is 0.423. The van der Waals surface area contributed by atoms with E-state index in [4.69, 9.17) is 31.9 Å². The van der Waals surface area contributed by atoms with Crippen LogP contribution in [-0.4, -0.2) is 0 Å². The van der Waals surface area contributed by atoms with Crippen LogP contribution in [0.2, 0.25) is 0 Å². The molecule has 0 aliphatic carbocycles. The highest BCUT2D eigenvalue weighted by molar-refractivity contribution is 7.10. The van der Waals surface area contributed by atoms with E-state index in [1.165, 1.54) is 0 Å². The summed E-state index contributed by atoms with van der Waals surface area (Å²) in [4.78, 5) is 11.8. The molecule has 0 saturated carbocycles. The molecule has 7 nitrogen and oxygen atoms in total. The fourth-order valence-corrected chi connectivity index (χ4v) is 1.81. The van der Waals surface area contributed by atoms with Crippen molar-refractivity contribution >= 4 is 43.2 Å². The van der Waals surface area contributed by atoms with Gasteiger partial charge in [-0.05, 0) is 0 Å². The Kier molecular flexibility index (Phi) is 2.48. The molecule has 0 bridgehead atoms. The second kappa shape index (κ2) is 3.71. The Morgan fingerprint density at radius 3 is 2.35 bits per heavy atom. The van der Waals surface area contributed by atoms with Crippen molar-refractivity contribution in [3.05, 3.63) is 16.5 Å². The van der Waals surface area contributed by atoms with E-state index in [0.717, 1.165) is 6.26 Å². The molecule has 17 heavy (non-hydrogen) atoms. The molecule has 0 aliphatic heterocycles. The average Bonchev–Trinajstić information content (AvgIpc) is 2.30. The van der Waals surface area contributed by atoms with Crippen LogP contribution >= 0.6 is 9.47 Å². The second-order valence-corrected chi connectivity index (χ2v) is 3.65. The molecule has 2 rings (SSSR count). The minimum absolute atomic E-state index is 0.0349. The van der Waals surface area contributed by atoms with Crippen molar-refractivity contribution < 1.29 is 8.94 Å². The molecule has 1 aromatic carbocycles. The Labute approximate surface area is 98.0 Å². The summed E-state index contributed by atoms with van der Waals surface area (Å²) in [6.45, 7) is 0. The zero-order valence-corrected chi connectivity index (χ0v) is 9.84. The molecular formula is C9H11N4O3P. The van der Waals surface area contributed by atoms with Crippen molar-refractivity contribution in [3.63, 3.8) is 0 Å². The summed E-state index contributed by atoms with van der Waals surface area (Å²) in [5, 5.41) is 0.0609. The molecule has 1 heterocycles. The zero-order chi connectivity index (χ0) is 12.7. The van der Waals surface area contributed by atoms with E-state index in [9.17, 15) is 4.79 Å². The van der Waals surface area contributed by atoms with Gasteiger partial charge in [0.25, 0.3) is 0 Å². The molecule has 90 valence electrons. The predicted molar refractivity (Wildman–Crippen MR) is 70.5 cm³/mol. The van der Waals surface area contributed by atoms with Crippen LogP contribution in [-0.2, 0) is 0 Å². The Bertz CT molecular complexity index is 668. The lowest BCUT2D eigenvalue weighted by atomic mass is 10.1. The number of hydrogen-bond donors (Lipinski definition) is 4. The summed E-state index contributed by atoms with van der Waals surface area (Å²) in [7, 11) is 2.00. The van der Waals surface area contributed by atoms with Crippen molar-refractivity contribution in [3.8, 4) is 5.75 Å². The van der Waals surface area contributed by atoms with E-state index in [0.29, 0.717) is 0 Å². The van der Waals surface area contributed by atoms with Crippen LogP contribution in [0.15, 0.2) is 15.5 Å². The lowest BCUT2D eigenvalue weighted by Gasteiger charge is -2.12. The molecular weight excluding hydrogens is 243 g/mol. The first-order valence-electron chi connectivity index (χ1n) is 4.53. The molecule has 8 N–H and O–H groups in total. The first-order chi connectivity index (χ1) is 7.99. The molecule has 0 saturated heterocycles. The summed E-state index contributed by atoms with van der Waals surface area (Å²) in [6.07, 6.45) is 1.10. The molecule has 0 radical (unpaired) electrons. The fourth-order valence-electron chi connectivity index (χ4n) is 1.56. The van der Waals surface area contributed by atoms with Gasteiger partial charge in [0.1, 0.15) is 23.3 Å². The Morgan fingerprint density at radius 1 is 1.12 bits per heavy atom. The van der Waals surface area contributed by atoms with Gasteiger partial charge in [0.2, 0.25) is 5.43 Å². The second-order valence-electron chi connectivity index (χ2n) is 3.41. The summed E-state index contributed by atoms with van der Waals surface area (Å²) in [5.41, 5.74) is 22.4. The van der Waals surface area contributed by atoms with Crippen LogP contribution in [0.4, 0.5) is 22.7 Å². The molecule has 0 spiro atoms. The van der Waals surface area contributed by atoms with Crippen LogP contribution in [0.25, 0.3) is 11.0 Å². The highest BCUT2D eigenvalue weighted by atomic mass is 31.0. The number of hydrogen-bond acceptors (Lipinski definition) is 7. The van der Waals surface area contributed by atoms with Gasteiger partial charge in [-0.1, -0.05) is 0 Å². The molecule has 0 fully saturated rings. The molecule has 8 heteroatoms. The van der Waals surface area contributed by atoms with Crippen molar-refractivity contribution in [2.24, 2.45) is 0 Å². The fraction of sp³-hybridized carbons (Fsp3) is 0. The van der Waals surface area contributed by atoms with Crippen LogP contribution in [0.3, 0.4) is 0 Å². The highest BCUT2D eigenvalue weighted by Gasteiger charge is 2.19. The van der Waals surface area contributed by atoms with Crippen LogP contribution in [0.1, 0.15) is 0 Å². The molecule has 1 unspecified atom stereocenters. The van der Waals surface area contributed by atoms with Gasteiger partial charge in [-0.2, -0.15) is 0 Å². The SMILES string of the molecule is Nc1c(OP)c(N)c2occ(N)c(=O)c2c1N. The van der Waals surface area contributed by atoms with E-state index < -0.39 is 5.43 Å². The minimum Gasteiger partial charge on any atom is -0.476 e. The van der Waals surface area contributed by atoms with E-state index in [-0.39, 0.29) is 39.5 Å². The first-order valence-corrected chi connectivity index (χ1v) is 5.00. The van der Waals surface area contributed by atoms with Gasteiger partial charge >= 0.3 is 0 Å². The monoisotopic (exact) mass is 254 g/mol. The third-order valence-electron chi connectivity index (χ3n) is 2.43. The maximum atomic E-state index is 11.8. The summed E-state index contributed by atoms with van der Waals surface area (Å²) in [6, 6.07) is 0. The van der Waals surface area contributed by atoms with Gasteiger partial charge in [0.15, 0.2) is 11.3 Å². The lowest BCUT2D eigenvalue weighted by molar-refractivity contribution is 0.601. The summed E-state index contributed by atoms with van der Waals surface area (Å²) >= 11 is 0. The normalized spacial score (nSPS) is 10.6. The number of nitrogens with two attached hydrogens (primary N) is 4. The van der Waals surface area contributed by atoms with Crippen LogP contribution < -0.4 is 32.9 Å². The Hall–Kier alpha value is -2.14. The third-order valence-corrected chi connectivity index (χ3v) is 2.67. The van der Waals surface area contributed by atoms with Gasteiger partial charge in [0, 0.05) is 0 Å². The summed E-state index contributed by atoms with van der Waals surface area (Å²) in [5.74, 6) is 0.146. The number of nitrogen functional groups attached to an aromatic ring is 4. The maximum Gasteiger partial charge on any atom is 0.217 e. The largest absolute Gasteiger partial charge is 0.476 e. The van der Waals surface area contributed by atoms with E-state index >= 15 is 0 Å². The molecule has 1 aromatic heterocycles. The number of anilines is 4. The van der Waals surface area contributed by atoms with E-state index in [1.807, 2.05) is 9.47 Å². The molecule has 0 aliphatic rings. The Balaban J connectivity index is 3.09. The average molecular weight is 254 g/mol. The van der Waals surface area contributed by atoms with Crippen molar-refractivity contribution in [1.29, 1.82) is 0 Å². The van der Waals surface area contributed by atoms with Crippen LogP contribution in [0.5, 0.6) is 5.75 Å². The van der Waals surface area contributed by atoms with Crippen LogP contribution in [0, 0.1) is 0 Å². The minimum atomic E-state index is -0.475. The summed E-state index contributed by atoms with van der Waals surface area (Å²) < 4.78 is 10.1. The lowest BCUT2D eigenvalue weighted by Crippen LogP contribution is -2.12. The number of fused-ring (bicyclic) bond motifs is 1. The zero-order valence-electron chi connectivity index (χ0n) is 8.69. The predicted octanol–water partition coefficient (Wildman–Crippen LogP) is 0.291. The van der Waals surface area contributed by atoms with Gasteiger partial charge < -0.3 is 31.9 Å². The number of rotatable bonds is 1. The van der Waals surface area contributed by atoms with Crippen molar-refractivity contribution in [2.75, 3.05) is 22.9 Å². The highest BCUT2D eigenvalue weighted by Crippen LogP contribution is 2.41. The van der Waals surface area contributed by atoms with Crippen molar-refractivity contribution in [2.45, 2.75) is 0 Å². The van der Waals surface area contributed by atoms with Gasteiger partial charge in [-0.25, -0.2) is 0 Å². The Morgan fingerprint density at radius 2 is 1.76 bits per heavy atom. The molecule has 2 aromatic rings. The standard InChI is InChI=1S/C9H11N4O3P/c10-2-1-15-8-3(7(2)14)4(11)5(12)9(16-17)6(8)13/h1H,10-13,17H2. The van der Waals surface area contributed by atoms with Gasteiger partial charge in [-0.15, -0.1) is 0 Å². The van der Waals surface area contributed by atoms with E-state index in [1.54, 1.807) is 0 Å².